The highest BCUT2D eigenvalue weighted by Gasteiger charge is 2.08. The van der Waals surface area contributed by atoms with Gasteiger partial charge in [-0.1, -0.05) is 24.3 Å². The van der Waals surface area contributed by atoms with Crippen LogP contribution in [0.1, 0.15) is 11.1 Å². The van der Waals surface area contributed by atoms with Crippen LogP contribution in [-0.4, -0.2) is 41.5 Å². The summed E-state index contributed by atoms with van der Waals surface area (Å²) in [5.41, 5.74) is 1.49. The third-order valence-corrected chi connectivity index (χ3v) is 4.91. The molecule has 0 saturated carbocycles. The summed E-state index contributed by atoms with van der Waals surface area (Å²) < 4.78 is 33.6. The maximum Gasteiger partial charge on any atom is 0.307 e. The van der Waals surface area contributed by atoms with Crippen molar-refractivity contribution in [1.82, 2.24) is 0 Å². The molecule has 0 bridgehead atoms. The summed E-state index contributed by atoms with van der Waals surface area (Å²) in [6, 6.07) is 6.79. The normalized spacial score (nSPS) is 13.1. The maximum atomic E-state index is 11.7. The van der Waals surface area contributed by atoms with Gasteiger partial charge in [-0.2, -0.15) is 0 Å². The SMILES string of the molecule is CS(=O)(=O)CCS(=O)Cc1ccc(CC(=O)O)cc1. The van der Waals surface area contributed by atoms with Gasteiger partial charge in [0.2, 0.25) is 0 Å². The molecule has 0 saturated heterocycles. The quantitative estimate of drug-likeness (QED) is 0.797. The third-order valence-electron chi connectivity index (χ3n) is 2.39. The van der Waals surface area contributed by atoms with E-state index in [0.29, 0.717) is 5.56 Å². The lowest BCUT2D eigenvalue weighted by Gasteiger charge is -2.03. The molecule has 0 aliphatic carbocycles. The van der Waals surface area contributed by atoms with Gasteiger partial charge in [-0.05, 0) is 11.1 Å². The van der Waals surface area contributed by atoms with Crippen LogP contribution in [-0.2, 0) is 37.6 Å². The van der Waals surface area contributed by atoms with Gasteiger partial charge in [-0.25, -0.2) is 8.42 Å². The molecule has 0 aliphatic heterocycles. The van der Waals surface area contributed by atoms with E-state index in [4.69, 9.17) is 5.11 Å². The third kappa shape index (κ3) is 7.07. The van der Waals surface area contributed by atoms with Crippen molar-refractivity contribution < 1.29 is 22.5 Å². The molecule has 0 spiro atoms. The Bertz CT molecular complexity index is 560. The molecule has 19 heavy (non-hydrogen) atoms. The van der Waals surface area contributed by atoms with E-state index in [0.717, 1.165) is 11.8 Å². The first-order chi connectivity index (χ1) is 8.76. The zero-order chi connectivity index (χ0) is 14.5. The minimum Gasteiger partial charge on any atom is -0.481 e. The lowest BCUT2D eigenvalue weighted by molar-refractivity contribution is -0.136. The van der Waals surface area contributed by atoms with E-state index in [-0.39, 0.29) is 23.7 Å². The van der Waals surface area contributed by atoms with Gasteiger partial charge in [0.25, 0.3) is 0 Å². The number of carboxylic acids is 1. The van der Waals surface area contributed by atoms with Crippen LogP contribution in [0.5, 0.6) is 0 Å². The first-order valence-electron chi connectivity index (χ1n) is 5.58. The van der Waals surface area contributed by atoms with Crippen molar-refractivity contribution >= 4 is 26.6 Å². The number of carbonyl (C=O) groups is 1. The van der Waals surface area contributed by atoms with E-state index in [1.165, 1.54) is 0 Å². The molecule has 1 rings (SSSR count). The number of benzene rings is 1. The van der Waals surface area contributed by atoms with Gasteiger partial charge in [-0.3, -0.25) is 9.00 Å². The Balaban J connectivity index is 2.53. The molecule has 1 unspecified atom stereocenters. The Kier molecular flexibility index (Phi) is 5.68. The molecule has 0 fully saturated rings. The van der Waals surface area contributed by atoms with Crippen LogP contribution in [0.2, 0.25) is 0 Å². The zero-order valence-electron chi connectivity index (χ0n) is 10.5. The average molecular weight is 304 g/mol. The number of carboxylic acid groups (broad SMARTS) is 1. The van der Waals surface area contributed by atoms with Crippen molar-refractivity contribution in [3.63, 3.8) is 0 Å². The molecule has 0 aromatic heterocycles. The summed E-state index contributed by atoms with van der Waals surface area (Å²) in [7, 11) is -4.32. The summed E-state index contributed by atoms with van der Waals surface area (Å²) in [6.07, 6.45) is 1.07. The van der Waals surface area contributed by atoms with Crippen LogP contribution >= 0.6 is 0 Å². The predicted octanol–water partition coefficient (Wildman–Crippen LogP) is 0.607. The zero-order valence-corrected chi connectivity index (χ0v) is 12.2. The van der Waals surface area contributed by atoms with Gasteiger partial charge in [0.05, 0.1) is 12.2 Å². The van der Waals surface area contributed by atoms with Crippen molar-refractivity contribution in [3.05, 3.63) is 35.4 Å². The maximum absolute atomic E-state index is 11.7. The summed E-state index contributed by atoms with van der Waals surface area (Å²) in [5.74, 6) is -0.584. The van der Waals surface area contributed by atoms with E-state index < -0.39 is 26.6 Å². The van der Waals surface area contributed by atoms with E-state index >= 15 is 0 Å². The Morgan fingerprint density at radius 1 is 1.21 bits per heavy atom. The fourth-order valence-corrected chi connectivity index (χ4v) is 4.09. The van der Waals surface area contributed by atoms with E-state index in [1.807, 2.05) is 0 Å². The summed E-state index contributed by atoms with van der Waals surface area (Å²) in [4.78, 5) is 10.5. The molecule has 0 radical (unpaired) electrons. The topological polar surface area (TPSA) is 88.5 Å². The van der Waals surface area contributed by atoms with Crippen molar-refractivity contribution in [1.29, 1.82) is 0 Å². The average Bonchev–Trinajstić information content (AvgIpc) is 2.28. The largest absolute Gasteiger partial charge is 0.481 e. The number of rotatable bonds is 7. The fraction of sp³-hybridized carbons (Fsp3) is 0.417. The molecule has 0 amide bonds. The van der Waals surface area contributed by atoms with Crippen LogP contribution < -0.4 is 0 Å². The summed E-state index contributed by atoms with van der Waals surface area (Å²) in [5, 5.41) is 8.62. The molecule has 1 aromatic rings. The van der Waals surface area contributed by atoms with Crippen molar-refractivity contribution in [2.45, 2.75) is 12.2 Å². The number of aliphatic carboxylic acids is 1. The van der Waals surface area contributed by atoms with Crippen LogP contribution in [0, 0.1) is 0 Å². The highest BCUT2D eigenvalue weighted by Crippen LogP contribution is 2.08. The smallest absolute Gasteiger partial charge is 0.307 e. The minimum absolute atomic E-state index is 0.0442. The molecule has 0 heterocycles. The number of hydrogen-bond donors (Lipinski definition) is 1. The number of hydrogen-bond acceptors (Lipinski definition) is 4. The second-order valence-electron chi connectivity index (χ2n) is 4.31. The highest BCUT2D eigenvalue weighted by molar-refractivity contribution is 7.92. The molecule has 0 aliphatic rings. The minimum atomic E-state index is -3.09. The standard InChI is InChI=1S/C12H16O5S2/c1-19(16,17)7-6-18(15)9-11-4-2-10(3-5-11)8-12(13)14/h2-5H,6-9H2,1H3,(H,13,14). The molecule has 5 nitrogen and oxygen atoms in total. The first kappa shape index (κ1) is 15.8. The molecular formula is C12H16O5S2. The van der Waals surface area contributed by atoms with Crippen molar-refractivity contribution in [3.8, 4) is 0 Å². The Morgan fingerprint density at radius 2 is 1.74 bits per heavy atom. The van der Waals surface area contributed by atoms with E-state index in [2.05, 4.69) is 0 Å². The van der Waals surface area contributed by atoms with Gasteiger partial charge in [0.1, 0.15) is 9.84 Å². The number of sulfone groups is 1. The van der Waals surface area contributed by atoms with Crippen LogP contribution in [0.25, 0.3) is 0 Å². The molecule has 1 atom stereocenters. The monoisotopic (exact) mass is 304 g/mol. The van der Waals surface area contributed by atoms with Crippen molar-refractivity contribution in [2.24, 2.45) is 0 Å². The summed E-state index contributed by atoms with van der Waals surface area (Å²) >= 11 is 0. The second-order valence-corrected chi connectivity index (χ2v) is 8.14. The molecule has 1 N–H and O–H groups in total. The van der Waals surface area contributed by atoms with Gasteiger partial charge >= 0.3 is 5.97 Å². The second kappa shape index (κ2) is 6.81. The van der Waals surface area contributed by atoms with E-state index in [1.54, 1.807) is 24.3 Å². The van der Waals surface area contributed by atoms with Crippen LogP contribution in [0.4, 0.5) is 0 Å². The molecular weight excluding hydrogens is 288 g/mol. The van der Waals surface area contributed by atoms with E-state index in [9.17, 15) is 17.4 Å². The predicted molar refractivity (Wildman–Crippen MR) is 74.2 cm³/mol. The van der Waals surface area contributed by atoms with Crippen LogP contribution in [0.3, 0.4) is 0 Å². The molecule has 106 valence electrons. The molecule has 7 heteroatoms. The van der Waals surface area contributed by atoms with Gasteiger partial charge in [0.15, 0.2) is 0 Å². The lowest BCUT2D eigenvalue weighted by Crippen LogP contribution is -2.12. The Labute approximate surface area is 115 Å². The Morgan fingerprint density at radius 3 is 2.21 bits per heavy atom. The highest BCUT2D eigenvalue weighted by atomic mass is 32.2. The molecule has 1 aromatic carbocycles. The lowest BCUT2D eigenvalue weighted by atomic mass is 10.1. The first-order valence-corrected chi connectivity index (χ1v) is 9.13. The van der Waals surface area contributed by atoms with Crippen molar-refractivity contribution in [2.75, 3.05) is 17.8 Å². The fourth-order valence-electron chi connectivity index (χ4n) is 1.43. The van der Waals surface area contributed by atoms with Crippen LogP contribution in [0.15, 0.2) is 24.3 Å². The van der Waals surface area contributed by atoms with Gasteiger partial charge in [-0.15, -0.1) is 0 Å². The summed E-state index contributed by atoms with van der Waals surface area (Å²) in [6.45, 7) is 0. The Hall–Kier alpha value is -1.21. The van der Waals surface area contributed by atoms with Gasteiger partial charge < -0.3 is 5.11 Å². The van der Waals surface area contributed by atoms with Gasteiger partial charge in [0, 0.05) is 28.6 Å².